The van der Waals surface area contributed by atoms with E-state index in [-0.39, 0.29) is 5.82 Å². The summed E-state index contributed by atoms with van der Waals surface area (Å²) in [5.41, 5.74) is 2.43. The minimum absolute atomic E-state index is 0.327. The van der Waals surface area contributed by atoms with E-state index in [1.807, 2.05) is 5.48 Å². The van der Waals surface area contributed by atoms with Crippen LogP contribution in [0.2, 0.25) is 0 Å². The summed E-state index contributed by atoms with van der Waals surface area (Å²) in [4.78, 5) is 0. The molecule has 66 valence electrons. The van der Waals surface area contributed by atoms with Crippen LogP contribution >= 0.6 is 15.9 Å². The number of benzene rings is 1. The fraction of sp³-hybridized carbons (Fsp3) is 0.250. The van der Waals surface area contributed by atoms with Crippen LogP contribution in [0.1, 0.15) is 18.5 Å². The molecule has 0 aliphatic rings. The van der Waals surface area contributed by atoms with Crippen molar-refractivity contribution >= 4 is 15.9 Å². The average Bonchev–Trinajstić information content (AvgIpc) is 2.08. The maximum absolute atomic E-state index is 13.0. The molecule has 0 heterocycles. The lowest BCUT2D eigenvalue weighted by Crippen LogP contribution is -2.14. The summed E-state index contributed by atoms with van der Waals surface area (Å²) >= 11 is 3.22. The van der Waals surface area contributed by atoms with Crippen molar-refractivity contribution in [3.63, 3.8) is 0 Å². The monoisotopic (exact) mass is 233 g/mol. The number of rotatable bonds is 2. The SMILES string of the molecule is CC(NO)c1cc(Br)ccc1F. The molecule has 0 bridgehead atoms. The van der Waals surface area contributed by atoms with E-state index >= 15 is 0 Å². The summed E-state index contributed by atoms with van der Waals surface area (Å²) in [6, 6.07) is 4.20. The van der Waals surface area contributed by atoms with Gasteiger partial charge in [-0.2, -0.15) is 5.48 Å². The first-order valence-electron chi connectivity index (χ1n) is 3.49. The minimum atomic E-state index is -0.400. The van der Waals surface area contributed by atoms with Crippen molar-refractivity contribution in [1.82, 2.24) is 5.48 Å². The number of hydroxylamine groups is 1. The van der Waals surface area contributed by atoms with Gasteiger partial charge in [-0.25, -0.2) is 4.39 Å². The third kappa shape index (κ3) is 2.03. The van der Waals surface area contributed by atoms with Gasteiger partial charge >= 0.3 is 0 Å². The molecule has 0 saturated carbocycles. The molecule has 1 aromatic carbocycles. The molecule has 0 fully saturated rings. The normalized spacial score (nSPS) is 13.0. The van der Waals surface area contributed by atoms with Gasteiger partial charge in [0, 0.05) is 10.0 Å². The van der Waals surface area contributed by atoms with E-state index in [1.54, 1.807) is 19.1 Å². The molecule has 2 N–H and O–H groups in total. The van der Waals surface area contributed by atoms with E-state index in [4.69, 9.17) is 5.21 Å². The number of nitrogens with one attached hydrogen (secondary N) is 1. The van der Waals surface area contributed by atoms with Crippen molar-refractivity contribution in [3.05, 3.63) is 34.1 Å². The summed E-state index contributed by atoms with van der Waals surface area (Å²) in [5.74, 6) is -0.327. The van der Waals surface area contributed by atoms with Crippen molar-refractivity contribution in [3.8, 4) is 0 Å². The third-order valence-corrected chi connectivity index (χ3v) is 2.11. The van der Waals surface area contributed by atoms with Crippen molar-refractivity contribution in [2.75, 3.05) is 0 Å². The van der Waals surface area contributed by atoms with Crippen molar-refractivity contribution < 1.29 is 9.60 Å². The highest BCUT2D eigenvalue weighted by atomic mass is 79.9. The van der Waals surface area contributed by atoms with E-state index in [2.05, 4.69) is 15.9 Å². The van der Waals surface area contributed by atoms with Crippen LogP contribution in [0.25, 0.3) is 0 Å². The summed E-state index contributed by atoms with van der Waals surface area (Å²) in [5, 5.41) is 8.57. The Balaban J connectivity index is 3.04. The number of hydrogen-bond acceptors (Lipinski definition) is 2. The Morgan fingerprint density at radius 1 is 1.58 bits per heavy atom. The van der Waals surface area contributed by atoms with E-state index in [0.717, 1.165) is 4.47 Å². The Hall–Kier alpha value is -0.450. The molecule has 4 heteroatoms. The molecule has 1 aromatic rings. The Morgan fingerprint density at radius 3 is 2.83 bits per heavy atom. The van der Waals surface area contributed by atoms with Crippen molar-refractivity contribution in [1.29, 1.82) is 0 Å². The molecule has 0 radical (unpaired) electrons. The van der Waals surface area contributed by atoms with Gasteiger partial charge in [0.25, 0.3) is 0 Å². The Kier molecular flexibility index (Phi) is 3.20. The molecule has 0 spiro atoms. The van der Waals surface area contributed by atoms with Crippen LogP contribution in [0.15, 0.2) is 22.7 Å². The lowest BCUT2D eigenvalue weighted by molar-refractivity contribution is 0.132. The molecular weight excluding hydrogens is 225 g/mol. The van der Waals surface area contributed by atoms with Gasteiger partial charge in [0.05, 0.1) is 6.04 Å². The predicted molar refractivity (Wildman–Crippen MR) is 47.4 cm³/mol. The number of halogens is 2. The molecule has 0 amide bonds. The zero-order valence-electron chi connectivity index (χ0n) is 6.51. The molecule has 0 aliphatic carbocycles. The molecule has 0 saturated heterocycles. The van der Waals surface area contributed by atoms with Gasteiger partial charge in [-0.1, -0.05) is 15.9 Å². The Labute approximate surface area is 78.5 Å². The minimum Gasteiger partial charge on any atom is -0.316 e. The molecule has 0 aliphatic heterocycles. The molecule has 1 unspecified atom stereocenters. The average molecular weight is 234 g/mol. The fourth-order valence-electron chi connectivity index (χ4n) is 0.916. The Bertz CT molecular complexity index is 280. The highest BCUT2D eigenvalue weighted by Crippen LogP contribution is 2.20. The van der Waals surface area contributed by atoms with Gasteiger partial charge in [-0.05, 0) is 25.1 Å². The Morgan fingerprint density at radius 2 is 2.25 bits per heavy atom. The first kappa shape index (κ1) is 9.64. The lowest BCUT2D eigenvalue weighted by atomic mass is 10.1. The van der Waals surface area contributed by atoms with Gasteiger partial charge in [0.1, 0.15) is 5.82 Å². The maximum atomic E-state index is 13.0. The smallest absolute Gasteiger partial charge is 0.128 e. The summed E-state index contributed by atoms with van der Waals surface area (Å²) in [6.07, 6.45) is 0. The van der Waals surface area contributed by atoms with Crippen LogP contribution in [0.5, 0.6) is 0 Å². The zero-order valence-corrected chi connectivity index (χ0v) is 8.10. The molecular formula is C8H9BrFNO. The van der Waals surface area contributed by atoms with Gasteiger partial charge in [0.15, 0.2) is 0 Å². The summed E-state index contributed by atoms with van der Waals surface area (Å²) < 4.78 is 13.8. The summed E-state index contributed by atoms with van der Waals surface area (Å²) in [6.45, 7) is 1.67. The lowest BCUT2D eigenvalue weighted by Gasteiger charge is -2.10. The van der Waals surface area contributed by atoms with Gasteiger partial charge in [-0.3, -0.25) is 0 Å². The van der Waals surface area contributed by atoms with E-state index in [0.29, 0.717) is 5.56 Å². The van der Waals surface area contributed by atoms with Gasteiger partial charge < -0.3 is 5.21 Å². The quantitative estimate of drug-likeness (QED) is 0.771. The van der Waals surface area contributed by atoms with Crippen LogP contribution in [-0.4, -0.2) is 5.21 Å². The van der Waals surface area contributed by atoms with Crippen molar-refractivity contribution in [2.45, 2.75) is 13.0 Å². The van der Waals surface area contributed by atoms with E-state index in [9.17, 15) is 4.39 Å². The van der Waals surface area contributed by atoms with E-state index < -0.39 is 6.04 Å². The van der Waals surface area contributed by atoms with Crippen molar-refractivity contribution in [2.24, 2.45) is 0 Å². The largest absolute Gasteiger partial charge is 0.316 e. The molecule has 12 heavy (non-hydrogen) atoms. The summed E-state index contributed by atoms with van der Waals surface area (Å²) in [7, 11) is 0. The molecule has 0 aromatic heterocycles. The first-order chi connectivity index (χ1) is 5.65. The van der Waals surface area contributed by atoms with E-state index in [1.165, 1.54) is 6.07 Å². The standard InChI is InChI=1S/C8H9BrFNO/c1-5(11-12)7-4-6(9)2-3-8(7)10/h2-5,11-12H,1H3. The van der Waals surface area contributed by atoms with Gasteiger partial charge in [-0.15, -0.1) is 0 Å². The fourth-order valence-corrected chi connectivity index (χ4v) is 1.29. The highest BCUT2D eigenvalue weighted by Gasteiger charge is 2.09. The van der Waals surface area contributed by atoms with Crippen LogP contribution in [0.3, 0.4) is 0 Å². The topological polar surface area (TPSA) is 32.3 Å². The third-order valence-electron chi connectivity index (χ3n) is 1.62. The highest BCUT2D eigenvalue weighted by molar-refractivity contribution is 9.10. The second-order valence-corrected chi connectivity index (χ2v) is 3.43. The number of hydrogen-bond donors (Lipinski definition) is 2. The predicted octanol–water partition coefficient (Wildman–Crippen LogP) is 2.63. The second-order valence-electron chi connectivity index (χ2n) is 2.52. The molecule has 1 rings (SSSR count). The second kappa shape index (κ2) is 3.98. The molecule has 1 atom stereocenters. The van der Waals surface area contributed by atoms with Gasteiger partial charge in [0.2, 0.25) is 0 Å². The zero-order chi connectivity index (χ0) is 9.14. The van der Waals surface area contributed by atoms with Crippen LogP contribution in [-0.2, 0) is 0 Å². The van der Waals surface area contributed by atoms with Crippen LogP contribution in [0.4, 0.5) is 4.39 Å². The van der Waals surface area contributed by atoms with Crippen LogP contribution < -0.4 is 5.48 Å². The first-order valence-corrected chi connectivity index (χ1v) is 4.29. The van der Waals surface area contributed by atoms with Crippen LogP contribution in [0, 0.1) is 5.82 Å². The molecule has 2 nitrogen and oxygen atoms in total. The maximum Gasteiger partial charge on any atom is 0.128 e.